The molecule has 0 unspecified atom stereocenters. The molecule has 5 heteroatoms. The van der Waals surface area contributed by atoms with E-state index in [1.165, 1.54) is 16.0 Å². The van der Waals surface area contributed by atoms with Crippen LogP contribution in [0.5, 0.6) is 0 Å². The van der Waals surface area contributed by atoms with Crippen molar-refractivity contribution in [1.82, 2.24) is 0 Å². The number of carbonyl (C=O) groups excluding carboxylic acids is 1. The van der Waals surface area contributed by atoms with E-state index in [9.17, 15) is 9.59 Å². The number of nitrogens with zero attached hydrogens (tertiary/aromatic N) is 1. The Morgan fingerprint density at radius 2 is 1.55 bits per heavy atom. The van der Waals surface area contributed by atoms with E-state index < -0.39 is 12.1 Å². The maximum Gasteiger partial charge on any atom is 0.414 e. The van der Waals surface area contributed by atoms with Crippen LogP contribution in [-0.4, -0.2) is 30.8 Å². The van der Waals surface area contributed by atoms with Gasteiger partial charge in [-0.25, -0.2) is 4.79 Å². The molecule has 1 N–H and O–H groups in total. The van der Waals surface area contributed by atoms with Crippen molar-refractivity contribution >= 4 is 17.7 Å². The molecule has 0 radical (unpaired) electrons. The fraction of sp³-hybridized carbons (Fsp3) is 0.167. The van der Waals surface area contributed by atoms with E-state index in [-0.39, 0.29) is 18.9 Å². The number of rotatable bonds is 5. The number of ether oxygens (including phenoxy) is 1. The summed E-state index contributed by atoms with van der Waals surface area (Å²) in [5, 5.41) is 8.97. The highest BCUT2D eigenvalue weighted by Crippen LogP contribution is 2.44. The lowest BCUT2D eigenvalue weighted by Crippen LogP contribution is -2.28. The molecule has 0 fully saturated rings. The zero-order valence-electron chi connectivity index (χ0n) is 16.0. The van der Waals surface area contributed by atoms with Crippen molar-refractivity contribution in [2.24, 2.45) is 0 Å². The fourth-order valence-corrected chi connectivity index (χ4v) is 3.85. The molecule has 0 bridgehead atoms. The van der Waals surface area contributed by atoms with E-state index in [4.69, 9.17) is 9.84 Å². The van der Waals surface area contributed by atoms with Crippen LogP contribution in [0.1, 0.15) is 22.6 Å². The molecular formula is C24H21NO4. The maximum atomic E-state index is 12.6. The number of amides is 1. The van der Waals surface area contributed by atoms with E-state index >= 15 is 0 Å². The van der Waals surface area contributed by atoms with Crippen molar-refractivity contribution < 1.29 is 19.4 Å². The minimum atomic E-state index is -0.911. The normalized spacial score (nSPS) is 12.2. The summed E-state index contributed by atoms with van der Waals surface area (Å²) in [4.78, 5) is 25.0. The van der Waals surface area contributed by atoms with E-state index in [1.54, 1.807) is 31.3 Å². The standard InChI is InChI=1S/C24H21NO4/c1-25(17-8-6-7-16(13-17)14-23(26)27)24(28)29-15-22-20-11-4-2-9-18(20)19-10-3-5-12-21(19)22/h2-13,22H,14-15H2,1H3,(H,26,27). The smallest absolute Gasteiger partial charge is 0.414 e. The lowest BCUT2D eigenvalue weighted by atomic mass is 9.98. The Kier molecular flexibility index (Phi) is 5.04. The molecular weight excluding hydrogens is 366 g/mol. The van der Waals surface area contributed by atoms with Crippen LogP contribution in [0.3, 0.4) is 0 Å². The molecule has 0 heterocycles. The van der Waals surface area contributed by atoms with Crippen molar-refractivity contribution in [2.45, 2.75) is 12.3 Å². The van der Waals surface area contributed by atoms with Gasteiger partial charge in [-0.2, -0.15) is 0 Å². The van der Waals surface area contributed by atoms with Crippen LogP contribution in [0.15, 0.2) is 72.8 Å². The van der Waals surface area contributed by atoms with Crippen LogP contribution in [-0.2, 0) is 16.0 Å². The van der Waals surface area contributed by atoms with Gasteiger partial charge < -0.3 is 9.84 Å². The number of carboxylic acid groups (broad SMARTS) is 1. The lowest BCUT2D eigenvalue weighted by molar-refractivity contribution is -0.136. The largest absolute Gasteiger partial charge is 0.481 e. The molecule has 0 aromatic heterocycles. The molecule has 1 amide bonds. The van der Waals surface area contributed by atoms with Crippen molar-refractivity contribution in [2.75, 3.05) is 18.6 Å². The zero-order valence-corrected chi connectivity index (χ0v) is 16.0. The molecule has 0 aliphatic heterocycles. The second-order valence-electron chi connectivity index (χ2n) is 7.10. The van der Waals surface area contributed by atoms with Crippen LogP contribution < -0.4 is 4.90 Å². The Morgan fingerprint density at radius 1 is 0.931 bits per heavy atom. The van der Waals surface area contributed by atoms with Gasteiger partial charge in [0.2, 0.25) is 0 Å². The van der Waals surface area contributed by atoms with Crippen LogP contribution in [0, 0.1) is 0 Å². The summed E-state index contributed by atoms with van der Waals surface area (Å²) in [6, 6.07) is 23.3. The van der Waals surface area contributed by atoms with Crippen LogP contribution in [0.25, 0.3) is 11.1 Å². The summed E-state index contributed by atoms with van der Waals surface area (Å²) in [6.45, 7) is 0.242. The van der Waals surface area contributed by atoms with E-state index in [0.717, 1.165) is 11.1 Å². The Hall–Kier alpha value is -3.60. The van der Waals surface area contributed by atoms with Gasteiger partial charge in [0.15, 0.2) is 0 Å². The predicted octanol–water partition coefficient (Wildman–Crippen LogP) is 4.70. The van der Waals surface area contributed by atoms with Gasteiger partial charge in [0.25, 0.3) is 0 Å². The van der Waals surface area contributed by atoms with Crippen LogP contribution in [0.2, 0.25) is 0 Å². The first kappa shape index (κ1) is 18.7. The first-order valence-electron chi connectivity index (χ1n) is 9.44. The molecule has 5 nitrogen and oxygen atoms in total. The molecule has 29 heavy (non-hydrogen) atoms. The average Bonchev–Trinajstić information content (AvgIpc) is 3.05. The Bertz CT molecular complexity index is 1030. The Morgan fingerprint density at radius 3 is 2.17 bits per heavy atom. The average molecular weight is 387 g/mol. The molecule has 146 valence electrons. The number of aliphatic carboxylic acids is 1. The SMILES string of the molecule is CN(C(=O)OCC1c2ccccc2-c2ccccc21)c1cccc(CC(=O)O)c1. The Labute approximate surface area is 169 Å². The summed E-state index contributed by atoms with van der Waals surface area (Å²) >= 11 is 0. The molecule has 1 aliphatic rings. The quantitative estimate of drug-likeness (QED) is 0.689. The molecule has 0 saturated heterocycles. The van der Waals surface area contributed by atoms with Crippen molar-refractivity contribution in [1.29, 1.82) is 0 Å². The Balaban J connectivity index is 1.49. The molecule has 3 aromatic rings. The van der Waals surface area contributed by atoms with E-state index in [0.29, 0.717) is 11.3 Å². The number of anilines is 1. The lowest BCUT2D eigenvalue weighted by Gasteiger charge is -2.20. The first-order valence-corrected chi connectivity index (χ1v) is 9.44. The number of hydrogen-bond donors (Lipinski definition) is 1. The third-order valence-electron chi connectivity index (χ3n) is 5.26. The highest BCUT2D eigenvalue weighted by Gasteiger charge is 2.29. The third-order valence-corrected chi connectivity index (χ3v) is 5.26. The summed E-state index contributed by atoms with van der Waals surface area (Å²) < 4.78 is 5.65. The van der Waals surface area contributed by atoms with Gasteiger partial charge in [-0.1, -0.05) is 60.7 Å². The van der Waals surface area contributed by atoms with Crippen LogP contribution in [0.4, 0.5) is 10.5 Å². The highest BCUT2D eigenvalue weighted by atomic mass is 16.6. The highest BCUT2D eigenvalue weighted by molar-refractivity contribution is 5.87. The summed E-state index contributed by atoms with van der Waals surface area (Å²) in [5.74, 6) is -0.913. The van der Waals surface area contributed by atoms with Crippen molar-refractivity contribution in [3.8, 4) is 11.1 Å². The van der Waals surface area contributed by atoms with Crippen molar-refractivity contribution in [3.63, 3.8) is 0 Å². The van der Waals surface area contributed by atoms with Gasteiger partial charge in [0.05, 0.1) is 6.42 Å². The summed E-state index contributed by atoms with van der Waals surface area (Å²) in [6.07, 6.45) is -0.564. The fourth-order valence-electron chi connectivity index (χ4n) is 3.85. The molecule has 0 spiro atoms. The van der Waals surface area contributed by atoms with Gasteiger partial charge in [-0.15, -0.1) is 0 Å². The predicted molar refractivity (Wildman–Crippen MR) is 111 cm³/mol. The third kappa shape index (κ3) is 3.72. The van der Waals surface area contributed by atoms with Gasteiger partial charge in [0.1, 0.15) is 6.61 Å². The first-order chi connectivity index (χ1) is 14.0. The van der Waals surface area contributed by atoms with Crippen LogP contribution >= 0.6 is 0 Å². The number of fused-ring (bicyclic) bond motifs is 3. The molecule has 1 aliphatic carbocycles. The number of hydrogen-bond acceptors (Lipinski definition) is 3. The topological polar surface area (TPSA) is 66.8 Å². The zero-order chi connectivity index (χ0) is 20.4. The number of benzene rings is 3. The van der Waals surface area contributed by atoms with E-state index in [1.807, 2.05) is 24.3 Å². The maximum absolute atomic E-state index is 12.6. The molecule has 3 aromatic carbocycles. The van der Waals surface area contributed by atoms with Crippen molar-refractivity contribution in [3.05, 3.63) is 89.5 Å². The molecule has 4 rings (SSSR count). The van der Waals surface area contributed by atoms with Gasteiger partial charge in [-0.05, 0) is 39.9 Å². The summed E-state index contributed by atoms with van der Waals surface area (Å²) in [5.41, 5.74) is 5.91. The minimum Gasteiger partial charge on any atom is -0.481 e. The van der Waals surface area contributed by atoms with Gasteiger partial charge in [-0.3, -0.25) is 9.69 Å². The van der Waals surface area contributed by atoms with Gasteiger partial charge in [0, 0.05) is 18.7 Å². The molecule has 0 saturated carbocycles. The second-order valence-corrected chi connectivity index (χ2v) is 7.10. The van der Waals surface area contributed by atoms with E-state index in [2.05, 4.69) is 24.3 Å². The second kappa shape index (κ2) is 7.80. The number of carboxylic acids is 1. The van der Waals surface area contributed by atoms with Gasteiger partial charge >= 0.3 is 12.1 Å². The monoisotopic (exact) mass is 387 g/mol. The number of carbonyl (C=O) groups is 2. The molecule has 0 atom stereocenters. The minimum absolute atomic E-state index is 0.00176. The summed E-state index contributed by atoms with van der Waals surface area (Å²) in [7, 11) is 1.62.